The molecule has 3 rings (SSSR count). The molecule has 0 aromatic heterocycles. The van der Waals surface area contributed by atoms with Crippen molar-refractivity contribution in [1.29, 1.82) is 0 Å². The Kier molecular flexibility index (Phi) is 7.64. The van der Waals surface area contributed by atoms with Crippen molar-refractivity contribution in [2.24, 2.45) is 0 Å². The van der Waals surface area contributed by atoms with Crippen LogP contribution in [0.2, 0.25) is 0 Å². The number of piperidine rings is 1. The van der Waals surface area contributed by atoms with Gasteiger partial charge >= 0.3 is 0 Å². The molecule has 154 valence electrons. The highest BCUT2D eigenvalue weighted by Gasteiger charge is 2.28. The van der Waals surface area contributed by atoms with Crippen LogP contribution in [0.1, 0.15) is 32.6 Å². The number of likely N-dealkylation sites (tertiary alicyclic amines) is 1. The highest BCUT2D eigenvalue weighted by atomic mass is 16.5. The molecule has 0 spiro atoms. The molecular formula is C23H29N3O3. The Morgan fingerprint density at radius 2 is 1.79 bits per heavy atom. The second-order valence-corrected chi connectivity index (χ2v) is 7.24. The van der Waals surface area contributed by atoms with E-state index in [1.807, 2.05) is 54.6 Å². The molecule has 2 N–H and O–H groups in total. The Morgan fingerprint density at radius 1 is 1.03 bits per heavy atom. The molecule has 0 radical (unpaired) electrons. The zero-order valence-electron chi connectivity index (χ0n) is 16.9. The Bertz CT molecular complexity index is 808. The lowest BCUT2D eigenvalue weighted by molar-refractivity contribution is -0.133. The first-order valence-corrected chi connectivity index (χ1v) is 10.3. The number of hydrogen-bond donors (Lipinski definition) is 2. The lowest BCUT2D eigenvalue weighted by Gasteiger charge is -2.34. The number of carbonyl (C=O) groups excluding carboxylic acids is 2. The van der Waals surface area contributed by atoms with Gasteiger partial charge in [-0.05, 0) is 44.0 Å². The molecule has 0 saturated carbocycles. The normalized spacial score (nSPS) is 16.8. The van der Waals surface area contributed by atoms with Crippen molar-refractivity contribution in [3.05, 3.63) is 54.6 Å². The number of amides is 2. The quantitative estimate of drug-likeness (QED) is 0.707. The van der Waals surface area contributed by atoms with Gasteiger partial charge in [0.2, 0.25) is 0 Å². The summed E-state index contributed by atoms with van der Waals surface area (Å²) in [6, 6.07) is 17.3. The first-order chi connectivity index (χ1) is 14.2. The lowest BCUT2D eigenvalue weighted by Crippen LogP contribution is -2.54. The molecule has 6 nitrogen and oxygen atoms in total. The predicted octanol–water partition coefficient (Wildman–Crippen LogP) is 3.14. The van der Waals surface area contributed by atoms with Gasteiger partial charge in [-0.2, -0.15) is 0 Å². The van der Waals surface area contributed by atoms with Gasteiger partial charge in [-0.15, -0.1) is 0 Å². The fourth-order valence-corrected chi connectivity index (χ4v) is 3.69. The lowest BCUT2D eigenvalue weighted by atomic mass is 10.0. The second-order valence-electron chi connectivity index (χ2n) is 7.24. The van der Waals surface area contributed by atoms with Crippen LogP contribution in [0.3, 0.4) is 0 Å². The summed E-state index contributed by atoms with van der Waals surface area (Å²) in [6.07, 6.45) is 3.98. The third-order valence-electron chi connectivity index (χ3n) is 5.08. The van der Waals surface area contributed by atoms with Crippen LogP contribution < -0.4 is 15.6 Å². The van der Waals surface area contributed by atoms with Crippen LogP contribution in [-0.2, 0) is 9.59 Å². The summed E-state index contributed by atoms with van der Waals surface area (Å²) in [5.74, 6) is 0.0804. The zero-order chi connectivity index (χ0) is 20.5. The Hall–Kier alpha value is -2.86. The minimum Gasteiger partial charge on any atom is -0.483 e. The van der Waals surface area contributed by atoms with Crippen LogP contribution in [0.25, 0.3) is 11.1 Å². The first-order valence-electron chi connectivity index (χ1n) is 10.3. The van der Waals surface area contributed by atoms with Gasteiger partial charge in [0.25, 0.3) is 11.8 Å². The molecule has 1 unspecified atom stereocenters. The van der Waals surface area contributed by atoms with E-state index in [-0.39, 0.29) is 24.5 Å². The zero-order valence-corrected chi connectivity index (χ0v) is 16.9. The molecule has 2 amide bonds. The highest BCUT2D eigenvalue weighted by Crippen LogP contribution is 2.29. The molecule has 1 aliphatic rings. The first kappa shape index (κ1) is 20.9. The molecule has 1 saturated heterocycles. The number of hydrazine groups is 1. The van der Waals surface area contributed by atoms with E-state index in [0.717, 1.165) is 49.9 Å². The average Bonchev–Trinajstić information content (AvgIpc) is 2.77. The van der Waals surface area contributed by atoms with Gasteiger partial charge in [-0.1, -0.05) is 61.9 Å². The standard InChI is InChI=1S/C23H29N3O3/c1-2-15-26-16-9-8-13-20(26)23(28)25-24-22(27)17-29-21-14-7-6-12-19(21)18-10-4-3-5-11-18/h3-7,10-12,14,20H,2,8-9,13,15-17H2,1H3,(H,24,27)(H,25,28). The van der Waals surface area contributed by atoms with Crippen LogP contribution in [0.15, 0.2) is 54.6 Å². The van der Waals surface area contributed by atoms with Gasteiger partial charge in [0, 0.05) is 5.56 Å². The second kappa shape index (κ2) is 10.6. The molecule has 0 aliphatic carbocycles. The summed E-state index contributed by atoms with van der Waals surface area (Å²) in [5.41, 5.74) is 6.98. The van der Waals surface area contributed by atoms with Crippen molar-refractivity contribution in [1.82, 2.24) is 15.8 Å². The topological polar surface area (TPSA) is 70.7 Å². The van der Waals surface area contributed by atoms with Crippen molar-refractivity contribution in [2.45, 2.75) is 38.6 Å². The van der Waals surface area contributed by atoms with Crippen molar-refractivity contribution in [3.8, 4) is 16.9 Å². The van der Waals surface area contributed by atoms with Gasteiger partial charge < -0.3 is 4.74 Å². The molecule has 2 aromatic carbocycles. The average molecular weight is 396 g/mol. The molecule has 1 aliphatic heterocycles. The van der Waals surface area contributed by atoms with Crippen LogP contribution >= 0.6 is 0 Å². The Morgan fingerprint density at radius 3 is 2.59 bits per heavy atom. The number of para-hydroxylation sites is 1. The molecule has 2 aromatic rings. The number of nitrogens with zero attached hydrogens (tertiary/aromatic N) is 1. The fourth-order valence-electron chi connectivity index (χ4n) is 3.69. The van der Waals surface area contributed by atoms with Gasteiger partial charge in [0.15, 0.2) is 6.61 Å². The van der Waals surface area contributed by atoms with E-state index in [1.165, 1.54) is 0 Å². The fraction of sp³-hybridized carbons (Fsp3) is 0.391. The molecule has 1 atom stereocenters. The molecule has 1 fully saturated rings. The van der Waals surface area contributed by atoms with Gasteiger partial charge in [-0.3, -0.25) is 25.3 Å². The Balaban J connectivity index is 1.51. The van der Waals surface area contributed by atoms with Crippen molar-refractivity contribution in [2.75, 3.05) is 19.7 Å². The number of benzene rings is 2. The molecule has 6 heteroatoms. The SMILES string of the molecule is CCCN1CCCCC1C(=O)NNC(=O)COc1ccccc1-c1ccccc1. The Labute approximate surface area is 172 Å². The largest absolute Gasteiger partial charge is 0.483 e. The molecule has 0 bridgehead atoms. The van der Waals surface area contributed by atoms with Gasteiger partial charge in [0.1, 0.15) is 5.75 Å². The van der Waals surface area contributed by atoms with Crippen LogP contribution in [0.4, 0.5) is 0 Å². The number of hydrogen-bond acceptors (Lipinski definition) is 4. The van der Waals surface area contributed by atoms with Crippen molar-refractivity contribution >= 4 is 11.8 Å². The maximum Gasteiger partial charge on any atom is 0.276 e. The van der Waals surface area contributed by atoms with E-state index in [1.54, 1.807) is 0 Å². The smallest absolute Gasteiger partial charge is 0.276 e. The number of rotatable bonds is 7. The summed E-state index contributed by atoms with van der Waals surface area (Å²) in [5, 5.41) is 0. The summed E-state index contributed by atoms with van der Waals surface area (Å²) >= 11 is 0. The number of nitrogens with one attached hydrogen (secondary N) is 2. The van der Waals surface area contributed by atoms with Crippen molar-refractivity contribution in [3.63, 3.8) is 0 Å². The van der Waals surface area contributed by atoms with Crippen LogP contribution in [-0.4, -0.2) is 42.5 Å². The summed E-state index contributed by atoms with van der Waals surface area (Å²) in [6.45, 7) is 3.76. The minimum atomic E-state index is -0.390. The molecule has 1 heterocycles. The molecular weight excluding hydrogens is 366 g/mol. The van der Waals surface area contributed by atoms with E-state index < -0.39 is 0 Å². The molecule has 29 heavy (non-hydrogen) atoms. The van der Waals surface area contributed by atoms with Gasteiger partial charge in [-0.25, -0.2) is 0 Å². The van der Waals surface area contributed by atoms with E-state index >= 15 is 0 Å². The summed E-state index contributed by atoms with van der Waals surface area (Å²) in [4.78, 5) is 26.9. The van der Waals surface area contributed by atoms with E-state index in [9.17, 15) is 9.59 Å². The summed E-state index contributed by atoms with van der Waals surface area (Å²) < 4.78 is 5.72. The van der Waals surface area contributed by atoms with Crippen LogP contribution in [0, 0.1) is 0 Å². The number of carbonyl (C=O) groups is 2. The minimum absolute atomic E-state index is 0.156. The monoisotopic (exact) mass is 395 g/mol. The van der Waals surface area contributed by atoms with E-state index in [2.05, 4.69) is 22.7 Å². The van der Waals surface area contributed by atoms with E-state index in [4.69, 9.17) is 4.74 Å². The maximum absolute atomic E-state index is 12.5. The third-order valence-corrected chi connectivity index (χ3v) is 5.08. The predicted molar refractivity (Wildman–Crippen MR) is 113 cm³/mol. The number of ether oxygens (including phenoxy) is 1. The van der Waals surface area contributed by atoms with Crippen LogP contribution in [0.5, 0.6) is 5.75 Å². The highest BCUT2D eigenvalue weighted by molar-refractivity contribution is 5.86. The van der Waals surface area contributed by atoms with Gasteiger partial charge in [0.05, 0.1) is 6.04 Å². The van der Waals surface area contributed by atoms with Crippen molar-refractivity contribution < 1.29 is 14.3 Å². The maximum atomic E-state index is 12.5. The third kappa shape index (κ3) is 5.81. The summed E-state index contributed by atoms with van der Waals surface area (Å²) in [7, 11) is 0. The van der Waals surface area contributed by atoms with E-state index in [0.29, 0.717) is 5.75 Å².